The molecule has 0 aliphatic heterocycles. The highest BCUT2D eigenvalue weighted by Crippen LogP contribution is 2.25. The van der Waals surface area contributed by atoms with E-state index in [1.807, 2.05) is 6.07 Å². The fourth-order valence-electron chi connectivity index (χ4n) is 1.94. The lowest BCUT2D eigenvalue weighted by Gasteiger charge is -2.03. The minimum atomic E-state index is 1.21. The molecule has 0 bridgehead atoms. The van der Waals surface area contributed by atoms with E-state index >= 15 is 0 Å². The van der Waals surface area contributed by atoms with Gasteiger partial charge in [0.25, 0.3) is 0 Å². The van der Waals surface area contributed by atoms with Gasteiger partial charge in [0.2, 0.25) is 0 Å². The van der Waals surface area contributed by atoms with E-state index in [-0.39, 0.29) is 0 Å². The summed E-state index contributed by atoms with van der Waals surface area (Å²) < 4.78 is 3.52. The van der Waals surface area contributed by atoms with Crippen LogP contribution in [0.4, 0.5) is 0 Å². The summed E-state index contributed by atoms with van der Waals surface area (Å²) in [5.41, 5.74) is 2.47. The molecule has 0 aliphatic carbocycles. The minimum absolute atomic E-state index is 1.21. The van der Waals surface area contributed by atoms with Crippen molar-refractivity contribution >= 4 is 33.5 Å². The molecule has 0 amide bonds. The second-order valence-corrected chi connectivity index (χ2v) is 4.86. The van der Waals surface area contributed by atoms with Crippen molar-refractivity contribution in [1.82, 2.24) is 4.57 Å². The van der Waals surface area contributed by atoms with Crippen molar-refractivity contribution < 1.29 is 0 Å². The maximum Gasteiger partial charge on any atom is 0.0539 e. The van der Waals surface area contributed by atoms with E-state index in [9.17, 15) is 0 Å². The average Bonchev–Trinajstić information content (AvgIpc) is 2.69. The van der Waals surface area contributed by atoms with Gasteiger partial charge in [0.15, 0.2) is 0 Å². The number of aromatic nitrogens is 1. The standard InChI is InChI=1S/C14H10IN/c15-13-10-16(11-6-2-1-3-7-11)14-9-5-4-8-12(13)14/h1-10H. The second kappa shape index (κ2) is 3.94. The second-order valence-electron chi connectivity index (χ2n) is 3.70. The quantitative estimate of drug-likeness (QED) is 0.592. The third-order valence-electron chi connectivity index (χ3n) is 2.70. The van der Waals surface area contributed by atoms with Crippen molar-refractivity contribution in [2.75, 3.05) is 0 Å². The molecular weight excluding hydrogens is 309 g/mol. The first-order valence-corrected chi connectivity index (χ1v) is 6.25. The highest BCUT2D eigenvalue weighted by atomic mass is 127. The molecule has 16 heavy (non-hydrogen) atoms. The van der Waals surface area contributed by atoms with Crippen molar-refractivity contribution in [2.45, 2.75) is 0 Å². The molecule has 0 aliphatic rings. The number of benzene rings is 2. The van der Waals surface area contributed by atoms with Crippen LogP contribution in [0.15, 0.2) is 60.8 Å². The van der Waals surface area contributed by atoms with Crippen molar-refractivity contribution in [3.63, 3.8) is 0 Å². The Labute approximate surface area is 108 Å². The summed E-state index contributed by atoms with van der Waals surface area (Å²) in [4.78, 5) is 0. The van der Waals surface area contributed by atoms with Crippen LogP contribution in [-0.2, 0) is 0 Å². The van der Waals surface area contributed by atoms with Gasteiger partial charge in [-0.1, -0.05) is 36.4 Å². The Bertz CT molecular complexity index is 626. The van der Waals surface area contributed by atoms with Crippen LogP contribution in [0, 0.1) is 3.57 Å². The number of halogens is 1. The number of rotatable bonds is 1. The Balaban J connectivity index is 2.33. The maximum absolute atomic E-state index is 2.38. The largest absolute Gasteiger partial charge is 0.315 e. The normalized spacial score (nSPS) is 10.8. The lowest BCUT2D eigenvalue weighted by molar-refractivity contribution is 1.12. The molecule has 0 atom stereocenters. The molecule has 1 aromatic heterocycles. The van der Waals surface area contributed by atoms with Gasteiger partial charge in [-0.25, -0.2) is 0 Å². The van der Waals surface area contributed by atoms with Gasteiger partial charge in [0.1, 0.15) is 0 Å². The molecule has 3 aromatic rings. The van der Waals surface area contributed by atoms with Gasteiger partial charge in [-0.3, -0.25) is 0 Å². The lowest BCUT2D eigenvalue weighted by atomic mass is 10.2. The molecule has 3 rings (SSSR count). The average molecular weight is 319 g/mol. The molecule has 0 spiro atoms. The van der Waals surface area contributed by atoms with Crippen LogP contribution in [0.1, 0.15) is 0 Å². The Kier molecular flexibility index (Phi) is 2.44. The van der Waals surface area contributed by atoms with E-state index in [0.717, 1.165) is 0 Å². The first kappa shape index (κ1) is 9.90. The molecular formula is C14H10IN. The molecule has 78 valence electrons. The van der Waals surface area contributed by atoms with Crippen LogP contribution in [-0.4, -0.2) is 4.57 Å². The van der Waals surface area contributed by atoms with Crippen LogP contribution in [0.2, 0.25) is 0 Å². The van der Waals surface area contributed by atoms with Crippen LogP contribution in [0.25, 0.3) is 16.6 Å². The van der Waals surface area contributed by atoms with Crippen LogP contribution < -0.4 is 0 Å². The van der Waals surface area contributed by atoms with Crippen molar-refractivity contribution in [3.8, 4) is 5.69 Å². The number of fused-ring (bicyclic) bond motifs is 1. The number of nitrogens with zero attached hydrogens (tertiary/aromatic N) is 1. The summed E-state index contributed by atoms with van der Waals surface area (Å²) in [5, 5.41) is 1.31. The number of hydrogen-bond donors (Lipinski definition) is 0. The molecule has 0 radical (unpaired) electrons. The predicted molar refractivity (Wildman–Crippen MR) is 76.0 cm³/mol. The molecule has 2 heteroatoms. The zero-order valence-corrected chi connectivity index (χ0v) is 10.8. The van der Waals surface area contributed by atoms with E-state index in [1.54, 1.807) is 0 Å². The minimum Gasteiger partial charge on any atom is -0.315 e. The van der Waals surface area contributed by atoms with E-state index in [0.29, 0.717) is 0 Å². The van der Waals surface area contributed by atoms with E-state index in [1.165, 1.54) is 20.2 Å². The van der Waals surface area contributed by atoms with Gasteiger partial charge >= 0.3 is 0 Å². The fourth-order valence-corrected chi connectivity index (χ4v) is 2.67. The van der Waals surface area contributed by atoms with Crippen LogP contribution in [0.5, 0.6) is 0 Å². The summed E-state index contributed by atoms with van der Waals surface area (Å²) in [6, 6.07) is 18.9. The first-order valence-electron chi connectivity index (χ1n) is 5.17. The highest BCUT2D eigenvalue weighted by molar-refractivity contribution is 14.1. The number of hydrogen-bond acceptors (Lipinski definition) is 0. The predicted octanol–water partition coefficient (Wildman–Crippen LogP) is 4.24. The van der Waals surface area contributed by atoms with E-state index in [2.05, 4.69) is 81.9 Å². The summed E-state index contributed by atoms with van der Waals surface area (Å²) in [6.07, 6.45) is 2.18. The first-order chi connectivity index (χ1) is 7.86. The summed E-state index contributed by atoms with van der Waals surface area (Å²) >= 11 is 2.38. The number of para-hydroxylation sites is 2. The van der Waals surface area contributed by atoms with Crippen molar-refractivity contribution in [3.05, 3.63) is 64.4 Å². The van der Waals surface area contributed by atoms with Gasteiger partial charge < -0.3 is 4.57 Å². The summed E-state index contributed by atoms with van der Waals surface area (Å²) in [7, 11) is 0. The third-order valence-corrected chi connectivity index (χ3v) is 3.56. The summed E-state index contributed by atoms with van der Waals surface area (Å²) in [5.74, 6) is 0. The third kappa shape index (κ3) is 1.53. The maximum atomic E-state index is 2.38. The lowest BCUT2D eigenvalue weighted by Crippen LogP contribution is -1.90. The van der Waals surface area contributed by atoms with Gasteiger partial charge in [-0.05, 0) is 40.8 Å². The Morgan fingerprint density at radius 2 is 1.50 bits per heavy atom. The van der Waals surface area contributed by atoms with Gasteiger partial charge in [0, 0.05) is 20.8 Å². The summed E-state index contributed by atoms with van der Waals surface area (Å²) in [6.45, 7) is 0. The highest BCUT2D eigenvalue weighted by Gasteiger charge is 2.06. The van der Waals surface area contributed by atoms with E-state index in [4.69, 9.17) is 0 Å². The van der Waals surface area contributed by atoms with Crippen molar-refractivity contribution in [2.24, 2.45) is 0 Å². The van der Waals surface area contributed by atoms with Gasteiger partial charge in [-0.15, -0.1) is 0 Å². The Morgan fingerprint density at radius 1 is 0.812 bits per heavy atom. The van der Waals surface area contributed by atoms with Crippen LogP contribution >= 0.6 is 22.6 Å². The molecule has 1 heterocycles. The Hall–Kier alpha value is -1.29. The monoisotopic (exact) mass is 319 g/mol. The molecule has 1 nitrogen and oxygen atoms in total. The molecule has 2 aromatic carbocycles. The Morgan fingerprint density at radius 3 is 2.31 bits per heavy atom. The van der Waals surface area contributed by atoms with Gasteiger partial charge in [-0.2, -0.15) is 0 Å². The zero-order valence-electron chi connectivity index (χ0n) is 8.60. The van der Waals surface area contributed by atoms with E-state index < -0.39 is 0 Å². The molecule has 0 saturated carbocycles. The van der Waals surface area contributed by atoms with Crippen molar-refractivity contribution in [1.29, 1.82) is 0 Å². The smallest absolute Gasteiger partial charge is 0.0539 e. The SMILES string of the molecule is Ic1cn(-c2ccccc2)c2ccccc12. The molecule has 0 N–H and O–H groups in total. The van der Waals surface area contributed by atoms with Gasteiger partial charge in [0.05, 0.1) is 5.52 Å². The molecule has 0 fully saturated rings. The molecule has 0 saturated heterocycles. The van der Waals surface area contributed by atoms with Crippen LogP contribution in [0.3, 0.4) is 0 Å². The molecule has 0 unspecified atom stereocenters. The topological polar surface area (TPSA) is 4.93 Å². The fraction of sp³-hybridized carbons (Fsp3) is 0. The zero-order chi connectivity index (χ0) is 11.0.